The van der Waals surface area contributed by atoms with Gasteiger partial charge in [-0.2, -0.15) is 0 Å². The molecule has 0 bridgehead atoms. The summed E-state index contributed by atoms with van der Waals surface area (Å²) in [6, 6.07) is 66.3. The number of hydrogen-bond donors (Lipinski definition) is 0. The van der Waals surface area contributed by atoms with E-state index in [1.807, 2.05) is 24.3 Å². The van der Waals surface area contributed by atoms with E-state index in [9.17, 15) is 0 Å². The zero-order valence-electron chi connectivity index (χ0n) is 27.4. The van der Waals surface area contributed by atoms with Gasteiger partial charge in [-0.25, -0.2) is 0 Å². The Hall–Kier alpha value is -5.72. The average molecular weight is 605 g/mol. The fourth-order valence-corrected chi connectivity index (χ4v) is 6.03. The summed E-state index contributed by atoms with van der Waals surface area (Å²) in [5.41, 5.74) is 11.6. The SMILES string of the molecule is Cc1c2ccccc2c(-c2ccc(-c3ccccc3)cc2)c2ccccc12.Cc1ccc(-c2ccccc2)cc1.Cc1ccccc1. The maximum atomic E-state index is 2.26. The molecule has 0 N–H and O–H groups in total. The summed E-state index contributed by atoms with van der Waals surface area (Å²) < 4.78 is 0. The molecule has 0 heteroatoms. The molecule has 8 aromatic carbocycles. The minimum atomic E-state index is 1.25. The quantitative estimate of drug-likeness (QED) is 0.176. The lowest BCUT2D eigenvalue weighted by atomic mass is 9.88. The highest BCUT2D eigenvalue weighted by atomic mass is 14.2. The third-order valence-electron chi connectivity index (χ3n) is 8.58. The lowest BCUT2D eigenvalue weighted by Gasteiger charge is -2.15. The molecule has 228 valence electrons. The lowest BCUT2D eigenvalue weighted by molar-refractivity contribution is 1.47. The molecule has 0 aliphatic heterocycles. The van der Waals surface area contributed by atoms with Gasteiger partial charge in [-0.05, 0) is 81.3 Å². The molecule has 0 radical (unpaired) electrons. The number of benzene rings is 8. The Kier molecular flexibility index (Phi) is 10.0. The van der Waals surface area contributed by atoms with Crippen LogP contribution < -0.4 is 0 Å². The number of rotatable bonds is 3. The van der Waals surface area contributed by atoms with Crippen molar-refractivity contribution in [2.75, 3.05) is 0 Å². The molecule has 0 aliphatic rings. The van der Waals surface area contributed by atoms with Crippen LogP contribution in [0.2, 0.25) is 0 Å². The molecule has 0 heterocycles. The summed E-state index contributed by atoms with van der Waals surface area (Å²) in [5, 5.41) is 5.30. The molecule has 0 nitrogen and oxygen atoms in total. The molecular formula is C47H40. The zero-order chi connectivity index (χ0) is 32.4. The second kappa shape index (κ2) is 15.0. The Morgan fingerprint density at radius 1 is 0.234 bits per heavy atom. The molecule has 0 saturated heterocycles. The first kappa shape index (κ1) is 31.3. The maximum absolute atomic E-state index is 2.26. The van der Waals surface area contributed by atoms with E-state index >= 15 is 0 Å². The summed E-state index contributed by atoms with van der Waals surface area (Å²) in [7, 11) is 0. The van der Waals surface area contributed by atoms with Crippen LogP contribution in [-0.2, 0) is 0 Å². The topological polar surface area (TPSA) is 0 Å². The molecule has 0 aromatic heterocycles. The van der Waals surface area contributed by atoms with Crippen LogP contribution in [0.5, 0.6) is 0 Å². The van der Waals surface area contributed by atoms with Gasteiger partial charge in [0.2, 0.25) is 0 Å². The van der Waals surface area contributed by atoms with Crippen molar-refractivity contribution in [2.24, 2.45) is 0 Å². The fourth-order valence-electron chi connectivity index (χ4n) is 6.03. The minimum absolute atomic E-state index is 1.25. The van der Waals surface area contributed by atoms with Crippen LogP contribution in [0.1, 0.15) is 16.7 Å². The fraction of sp³-hybridized carbons (Fsp3) is 0.0638. The van der Waals surface area contributed by atoms with Crippen LogP contribution in [-0.4, -0.2) is 0 Å². The van der Waals surface area contributed by atoms with Crippen molar-refractivity contribution in [1.82, 2.24) is 0 Å². The Balaban J connectivity index is 0.000000159. The smallest absolute Gasteiger partial charge is 0.00266 e. The van der Waals surface area contributed by atoms with Crippen molar-refractivity contribution < 1.29 is 0 Å². The predicted molar refractivity (Wildman–Crippen MR) is 205 cm³/mol. The Bertz CT molecular complexity index is 2100. The summed E-state index contributed by atoms with van der Waals surface area (Å²) in [6.45, 7) is 6.42. The van der Waals surface area contributed by atoms with E-state index < -0.39 is 0 Å². The van der Waals surface area contributed by atoms with E-state index in [0.717, 1.165) is 0 Å². The molecule has 8 aromatic rings. The summed E-state index contributed by atoms with van der Waals surface area (Å²) in [5.74, 6) is 0. The molecule has 0 amide bonds. The zero-order valence-corrected chi connectivity index (χ0v) is 27.4. The summed E-state index contributed by atoms with van der Waals surface area (Å²) in [4.78, 5) is 0. The van der Waals surface area contributed by atoms with Gasteiger partial charge in [0.1, 0.15) is 0 Å². The molecule has 0 fully saturated rings. The van der Waals surface area contributed by atoms with E-state index in [1.165, 1.54) is 71.6 Å². The molecule has 0 saturated carbocycles. The highest BCUT2D eigenvalue weighted by molar-refractivity contribution is 6.14. The number of fused-ring (bicyclic) bond motifs is 2. The minimum Gasteiger partial charge on any atom is -0.0622 e. The van der Waals surface area contributed by atoms with E-state index in [1.54, 1.807) is 0 Å². The van der Waals surface area contributed by atoms with Gasteiger partial charge < -0.3 is 0 Å². The van der Waals surface area contributed by atoms with Gasteiger partial charge in [0.05, 0.1) is 0 Å². The van der Waals surface area contributed by atoms with Crippen molar-refractivity contribution in [2.45, 2.75) is 20.8 Å². The molecule has 8 rings (SSSR count). The first-order valence-corrected chi connectivity index (χ1v) is 16.3. The predicted octanol–water partition coefficient (Wildman–Crippen LogP) is 13.3. The lowest BCUT2D eigenvalue weighted by Crippen LogP contribution is -1.89. The summed E-state index contributed by atoms with van der Waals surface area (Å²) in [6.07, 6.45) is 0. The van der Waals surface area contributed by atoms with Crippen molar-refractivity contribution in [1.29, 1.82) is 0 Å². The molecular weight excluding hydrogens is 565 g/mol. The van der Waals surface area contributed by atoms with Crippen molar-refractivity contribution in [3.63, 3.8) is 0 Å². The van der Waals surface area contributed by atoms with Gasteiger partial charge >= 0.3 is 0 Å². The van der Waals surface area contributed by atoms with Crippen molar-refractivity contribution in [3.8, 4) is 33.4 Å². The summed E-state index contributed by atoms with van der Waals surface area (Å²) >= 11 is 0. The maximum Gasteiger partial charge on any atom is -0.00266 e. The van der Waals surface area contributed by atoms with Crippen LogP contribution >= 0.6 is 0 Å². The van der Waals surface area contributed by atoms with Gasteiger partial charge in [0, 0.05) is 0 Å². The van der Waals surface area contributed by atoms with Crippen molar-refractivity contribution >= 4 is 21.5 Å². The largest absolute Gasteiger partial charge is 0.0622 e. The van der Waals surface area contributed by atoms with Gasteiger partial charge in [0.25, 0.3) is 0 Å². The first-order valence-electron chi connectivity index (χ1n) is 16.3. The normalized spacial score (nSPS) is 10.4. The van der Waals surface area contributed by atoms with Gasteiger partial charge in [-0.15, -0.1) is 0 Å². The average Bonchev–Trinajstić information content (AvgIpc) is 3.14. The van der Waals surface area contributed by atoms with E-state index in [0.29, 0.717) is 0 Å². The third-order valence-corrected chi connectivity index (χ3v) is 8.58. The van der Waals surface area contributed by atoms with Crippen LogP contribution in [0.25, 0.3) is 54.9 Å². The van der Waals surface area contributed by atoms with Crippen molar-refractivity contribution in [3.05, 3.63) is 205 Å². The Morgan fingerprint density at radius 3 is 0.936 bits per heavy atom. The van der Waals surface area contributed by atoms with E-state index in [-0.39, 0.29) is 0 Å². The number of hydrogen-bond acceptors (Lipinski definition) is 0. The molecule has 0 aliphatic carbocycles. The molecule has 0 atom stereocenters. The second-order valence-electron chi connectivity index (χ2n) is 11.9. The monoisotopic (exact) mass is 604 g/mol. The van der Waals surface area contributed by atoms with Gasteiger partial charge in [-0.1, -0.05) is 199 Å². The van der Waals surface area contributed by atoms with Gasteiger partial charge in [0.15, 0.2) is 0 Å². The molecule has 0 unspecified atom stereocenters. The Labute approximate surface area is 279 Å². The highest BCUT2D eigenvalue weighted by Gasteiger charge is 2.12. The van der Waals surface area contributed by atoms with E-state index in [4.69, 9.17) is 0 Å². The third kappa shape index (κ3) is 7.57. The highest BCUT2D eigenvalue weighted by Crippen LogP contribution is 2.39. The van der Waals surface area contributed by atoms with Gasteiger partial charge in [-0.3, -0.25) is 0 Å². The molecule has 0 spiro atoms. The van der Waals surface area contributed by atoms with Crippen LogP contribution in [0.3, 0.4) is 0 Å². The number of aryl methyl sites for hydroxylation is 3. The molecule has 47 heavy (non-hydrogen) atoms. The first-order chi connectivity index (χ1) is 23.1. The Morgan fingerprint density at radius 2 is 0.532 bits per heavy atom. The van der Waals surface area contributed by atoms with Crippen LogP contribution in [0.4, 0.5) is 0 Å². The van der Waals surface area contributed by atoms with E-state index in [2.05, 4.69) is 185 Å². The van der Waals surface area contributed by atoms with Crippen LogP contribution in [0, 0.1) is 20.8 Å². The van der Waals surface area contributed by atoms with Crippen LogP contribution in [0.15, 0.2) is 188 Å². The standard InChI is InChI=1S/C27H20.C13H12.C7H8/c1-19-23-11-5-7-13-25(23)27(26-14-8-6-12-24(19)26)22-17-15-21(16-18-22)20-9-3-2-4-10-20;1-11-7-9-13(10-8-11)12-5-3-2-4-6-12;1-7-5-3-2-4-6-7/h2-18H,1H3;2-10H,1H3;2-6H,1H3. The second-order valence-corrected chi connectivity index (χ2v) is 11.9.